The first-order chi connectivity index (χ1) is 10.0. The monoisotopic (exact) mass is 301 g/mol. The number of halogens is 1. The molecule has 5 heteroatoms. The quantitative estimate of drug-likeness (QED) is 0.571. The van der Waals surface area contributed by atoms with Crippen LogP contribution in [0.2, 0.25) is 5.02 Å². The molecular weight excluding hydrogens is 290 g/mol. The maximum Gasteiger partial charge on any atom is 0.336 e. The van der Waals surface area contributed by atoms with E-state index in [0.717, 1.165) is 10.9 Å². The van der Waals surface area contributed by atoms with Gasteiger partial charge in [0.2, 0.25) is 0 Å². The molecule has 0 radical (unpaired) electrons. The summed E-state index contributed by atoms with van der Waals surface area (Å²) in [7, 11) is 0. The first kappa shape index (κ1) is 13.5. The maximum atomic E-state index is 11.4. The molecule has 2 N–H and O–H groups in total. The fraction of sp³-hybridized carbons (Fsp3) is 0.0625. The van der Waals surface area contributed by atoms with Crippen molar-refractivity contribution in [1.82, 2.24) is 0 Å². The predicted octanol–water partition coefficient (Wildman–Crippen LogP) is 4.13. The molecule has 0 bridgehead atoms. The molecule has 3 aromatic rings. The molecule has 0 amide bonds. The number of benzene rings is 2. The van der Waals surface area contributed by atoms with Gasteiger partial charge in [-0.1, -0.05) is 17.7 Å². The number of nitrogen functional groups attached to an aromatic ring is 1. The van der Waals surface area contributed by atoms with Crippen molar-refractivity contribution >= 4 is 28.3 Å². The van der Waals surface area contributed by atoms with E-state index in [0.29, 0.717) is 27.8 Å². The normalized spacial score (nSPS) is 10.8. The molecule has 2 aromatic carbocycles. The highest BCUT2D eigenvalue weighted by Gasteiger charge is 2.08. The summed E-state index contributed by atoms with van der Waals surface area (Å²) < 4.78 is 10.9. The van der Waals surface area contributed by atoms with E-state index in [1.165, 1.54) is 6.07 Å². The van der Waals surface area contributed by atoms with Crippen molar-refractivity contribution in [3.05, 3.63) is 63.5 Å². The number of para-hydroxylation sites is 1. The fourth-order valence-corrected chi connectivity index (χ4v) is 2.27. The molecule has 0 saturated heterocycles. The highest BCUT2D eigenvalue weighted by Crippen LogP contribution is 2.33. The van der Waals surface area contributed by atoms with Crippen LogP contribution in [0.25, 0.3) is 11.0 Å². The van der Waals surface area contributed by atoms with Gasteiger partial charge in [0.05, 0.1) is 10.7 Å². The van der Waals surface area contributed by atoms with Crippen molar-refractivity contribution in [2.45, 2.75) is 6.92 Å². The molecule has 0 fully saturated rings. The van der Waals surface area contributed by atoms with Gasteiger partial charge in [-0.3, -0.25) is 0 Å². The van der Waals surface area contributed by atoms with Gasteiger partial charge < -0.3 is 14.9 Å². The Morgan fingerprint density at radius 1 is 1.19 bits per heavy atom. The Kier molecular flexibility index (Phi) is 3.31. The van der Waals surface area contributed by atoms with Crippen LogP contribution in [-0.2, 0) is 0 Å². The third kappa shape index (κ3) is 2.58. The molecule has 0 aliphatic rings. The summed E-state index contributed by atoms with van der Waals surface area (Å²) >= 11 is 5.95. The van der Waals surface area contributed by atoms with E-state index in [1.807, 2.05) is 13.0 Å². The van der Waals surface area contributed by atoms with Crippen molar-refractivity contribution in [1.29, 1.82) is 0 Å². The summed E-state index contributed by atoms with van der Waals surface area (Å²) in [5.41, 5.74) is 7.16. The summed E-state index contributed by atoms with van der Waals surface area (Å²) in [4.78, 5) is 11.4. The molecule has 3 rings (SSSR count). The fourth-order valence-electron chi connectivity index (χ4n) is 2.10. The minimum absolute atomic E-state index is 0.366. The molecule has 0 saturated carbocycles. The highest BCUT2D eigenvalue weighted by atomic mass is 35.5. The zero-order valence-corrected chi connectivity index (χ0v) is 12.0. The van der Waals surface area contributed by atoms with Crippen LogP contribution in [0, 0.1) is 6.92 Å². The van der Waals surface area contributed by atoms with Crippen molar-refractivity contribution in [2.75, 3.05) is 5.73 Å². The number of fused-ring (bicyclic) bond motifs is 1. The van der Waals surface area contributed by atoms with Crippen molar-refractivity contribution in [2.24, 2.45) is 0 Å². The van der Waals surface area contributed by atoms with Gasteiger partial charge in [0.1, 0.15) is 11.3 Å². The second-order valence-corrected chi connectivity index (χ2v) is 5.07. The summed E-state index contributed by atoms with van der Waals surface area (Å²) in [5.74, 6) is 0.974. The molecule has 106 valence electrons. The minimum Gasteiger partial charge on any atom is -0.455 e. The molecule has 0 aliphatic carbocycles. The number of ether oxygens (including phenoxy) is 1. The molecule has 21 heavy (non-hydrogen) atoms. The van der Waals surface area contributed by atoms with Gasteiger partial charge >= 0.3 is 5.63 Å². The second kappa shape index (κ2) is 5.14. The minimum atomic E-state index is -0.389. The van der Waals surface area contributed by atoms with Crippen LogP contribution in [0.4, 0.5) is 5.69 Å². The van der Waals surface area contributed by atoms with E-state index in [1.54, 1.807) is 30.3 Å². The first-order valence-electron chi connectivity index (χ1n) is 6.31. The number of rotatable bonds is 2. The summed E-state index contributed by atoms with van der Waals surface area (Å²) in [6, 6.07) is 11.9. The van der Waals surface area contributed by atoms with E-state index in [4.69, 9.17) is 26.5 Å². The Labute approximate surface area is 125 Å². The van der Waals surface area contributed by atoms with E-state index in [-0.39, 0.29) is 5.63 Å². The number of hydrogen-bond donors (Lipinski definition) is 1. The molecule has 0 atom stereocenters. The largest absolute Gasteiger partial charge is 0.455 e. The summed E-state index contributed by atoms with van der Waals surface area (Å²) in [6.07, 6.45) is 0. The second-order valence-electron chi connectivity index (χ2n) is 4.66. The van der Waals surface area contributed by atoms with Gasteiger partial charge in [0, 0.05) is 17.5 Å². The first-order valence-corrected chi connectivity index (χ1v) is 6.69. The SMILES string of the molecule is Cc1cc(=O)oc2cc(Oc3cccc(Cl)c3N)ccc12. The van der Waals surface area contributed by atoms with Crippen LogP contribution in [-0.4, -0.2) is 0 Å². The van der Waals surface area contributed by atoms with Gasteiger partial charge in [0.15, 0.2) is 5.75 Å². The van der Waals surface area contributed by atoms with E-state index >= 15 is 0 Å². The van der Waals surface area contributed by atoms with Crippen LogP contribution in [0.3, 0.4) is 0 Å². The third-order valence-corrected chi connectivity index (χ3v) is 3.49. The smallest absolute Gasteiger partial charge is 0.336 e. The zero-order chi connectivity index (χ0) is 15.0. The maximum absolute atomic E-state index is 11.4. The summed E-state index contributed by atoms with van der Waals surface area (Å²) in [5, 5.41) is 1.29. The van der Waals surface area contributed by atoms with Gasteiger partial charge in [-0.25, -0.2) is 4.79 Å². The molecule has 0 unspecified atom stereocenters. The lowest BCUT2D eigenvalue weighted by molar-refractivity contribution is 0.482. The topological polar surface area (TPSA) is 65.5 Å². The number of anilines is 1. The Balaban J connectivity index is 2.05. The van der Waals surface area contributed by atoms with E-state index in [9.17, 15) is 4.79 Å². The Morgan fingerprint density at radius 3 is 2.81 bits per heavy atom. The highest BCUT2D eigenvalue weighted by molar-refractivity contribution is 6.33. The molecule has 0 spiro atoms. The van der Waals surface area contributed by atoms with E-state index in [2.05, 4.69) is 0 Å². The number of hydrogen-bond acceptors (Lipinski definition) is 4. The van der Waals surface area contributed by atoms with E-state index < -0.39 is 0 Å². The van der Waals surface area contributed by atoms with Gasteiger partial charge in [-0.2, -0.15) is 0 Å². The van der Waals surface area contributed by atoms with Gasteiger partial charge in [-0.15, -0.1) is 0 Å². The zero-order valence-electron chi connectivity index (χ0n) is 11.2. The lowest BCUT2D eigenvalue weighted by Crippen LogP contribution is -1.98. The van der Waals surface area contributed by atoms with Crippen LogP contribution >= 0.6 is 11.6 Å². The standard InChI is InChI=1S/C16H12ClNO3/c1-9-7-15(19)21-14-8-10(5-6-11(9)14)20-13-4-2-3-12(17)16(13)18/h2-8H,18H2,1H3. The number of aryl methyl sites for hydroxylation is 1. The molecule has 4 nitrogen and oxygen atoms in total. The molecule has 0 aliphatic heterocycles. The lowest BCUT2D eigenvalue weighted by atomic mass is 10.1. The average Bonchev–Trinajstić information content (AvgIpc) is 2.43. The van der Waals surface area contributed by atoms with Crippen molar-refractivity contribution < 1.29 is 9.15 Å². The Morgan fingerprint density at radius 2 is 2.00 bits per heavy atom. The van der Waals surface area contributed by atoms with Crippen LogP contribution in [0.15, 0.2) is 51.7 Å². The van der Waals surface area contributed by atoms with Gasteiger partial charge in [-0.05, 0) is 36.8 Å². The van der Waals surface area contributed by atoms with Crippen molar-refractivity contribution in [3.8, 4) is 11.5 Å². The molecule has 1 heterocycles. The third-order valence-electron chi connectivity index (χ3n) is 3.16. The Hall–Kier alpha value is -2.46. The number of nitrogens with two attached hydrogens (primary N) is 1. The lowest BCUT2D eigenvalue weighted by Gasteiger charge is -2.10. The molecular formula is C16H12ClNO3. The van der Waals surface area contributed by atoms with Crippen molar-refractivity contribution in [3.63, 3.8) is 0 Å². The van der Waals surface area contributed by atoms with Gasteiger partial charge in [0.25, 0.3) is 0 Å². The average molecular weight is 302 g/mol. The molecule has 1 aromatic heterocycles. The van der Waals surface area contributed by atoms with Crippen LogP contribution in [0.5, 0.6) is 11.5 Å². The predicted molar refractivity (Wildman–Crippen MR) is 83.2 cm³/mol. The summed E-state index contributed by atoms with van der Waals surface area (Å²) in [6.45, 7) is 1.86. The van der Waals surface area contributed by atoms with Crippen LogP contribution < -0.4 is 16.1 Å². The van der Waals surface area contributed by atoms with Crippen LogP contribution in [0.1, 0.15) is 5.56 Å². The Bertz CT molecular complexity index is 886.